The molecule has 102 valence electrons. The van der Waals surface area contributed by atoms with E-state index in [2.05, 4.69) is 42.8 Å². The molecule has 2 unspecified atom stereocenters. The van der Waals surface area contributed by atoms with Gasteiger partial charge in [0.15, 0.2) is 0 Å². The van der Waals surface area contributed by atoms with Crippen LogP contribution >= 0.6 is 15.9 Å². The Kier molecular flexibility index (Phi) is 3.40. The van der Waals surface area contributed by atoms with Gasteiger partial charge in [-0.2, -0.15) is 14.6 Å². The second kappa shape index (κ2) is 5.05. The Labute approximate surface area is 119 Å². The van der Waals surface area contributed by atoms with E-state index >= 15 is 0 Å². The first-order chi connectivity index (χ1) is 9.17. The smallest absolute Gasteiger partial charge is 0.254 e. The Morgan fingerprint density at radius 2 is 2.32 bits per heavy atom. The molecule has 0 saturated carbocycles. The molecule has 0 N–H and O–H groups in total. The summed E-state index contributed by atoms with van der Waals surface area (Å²) in [7, 11) is 0. The molecule has 6 nitrogen and oxygen atoms in total. The van der Waals surface area contributed by atoms with Crippen molar-refractivity contribution >= 4 is 27.5 Å². The Hall–Kier alpha value is -1.21. The lowest BCUT2D eigenvalue weighted by Crippen LogP contribution is -2.48. The van der Waals surface area contributed by atoms with E-state index in [1.54, 1.807) is 4.52 Å². The second-order valence-corrected chi connectivity index (χ2v) is 5.50. The van der Waals surface area contributed by atoms with Crippen molar-refractivity contribution < 1.29 is 4.74 Å². The molecule has 1 fully saturated rings. The van der Waals surface area contributed by atoms with Gasteiger partial charge in [0.05, 0.1) is 12.2 Å². The van der Waals surface area contributed by atoms with Crippen LogP contribution in [0.25, 0.3) is 5.78 Å². The highest BCUT2D eigenvalue weighted by Gasteiger charge is 2.26. The van der Waals surface area contributed by atoms with E-state index in [0.717, 1.165) is 29.9 Å². The van der Waals surface area contributed by atoms with E-state index in [1.807, 2.05) is 13.0 Å². The van der Waals surface area contributed by atoms with E-state index < -0.39 is 0 Å². The number of halogens is 1. The largest absolute Gasteiger partial charge is 0.371 e. The maximum Gasteiger partial charge on any atom is 0.254 e. The van der Waals surface area contributed by atoms with Gasteiger partial charge >= 0.3 is 0 Å². The first kappa shape index (κ1) is 12.8. The summed E-state index contributed by atoms with van der Waals surface area (Å²) in [5, 5.41) is 5.09. The van der Waals surface area contributed by atoms with Gasteiger partial charge in [-0.25, -0.2) is 4.98 Å². The number of aryl methyl sites for hydroxylation is 1. The van der Waals surface area contributed by atoms with Crippen molar-refractivity contribution in [1.29, 1.82) is 0 Å². The van der Waals surface area contributed by atoms with E-state index in [9.17, 15) is 0 Å². The van der Waals surface area contributed by atoms with Gasteiger partial charge in [0.1, 0.15) is 12.1 Å². The highest BCUT2D eigenvalue weighted by atomic mass is 79.9. The summed E-state index contributed by atoms with van der Waals surface area (Å²) in [4.78, 5) is 10.8. The molecule has 1 saturated heterocycles. The molecule has 7 heteroatoms. The third-order valence-corrected chi connectivity index (χ3v) is 3.91. The molecule has 19 heavy (non-hydrogen) atoms. The summed E-state index contributed by atoms with van der Waals surface area (Å²) in [6.45, 7) is 5.76. The van der Waals surface area contributed by atoms with Crippen molar-refractivity contribution in [3.05, 3.63) is 18.1 Å². The molecule has 1 aliphatic rings. The van der Waals surface area contributed by atoms with Crippen LogP contribution in [0.1, 0.15) is 12.6 Å². The zero-order chi connectivity index (χ0) is 13.4. The number of rotatable bonds is 2. The average Bonchev–Trinajstić information content (AvgIpc) is 2.84. The van der Waals surface area contributed by atoms with E-state index in [1.165, 1.54) is 6.33 Å². The Morgan fingerprint density at radius 3 is 3.11 bits per heavy atom. The van der Waals surface area contributed by atoms with Crippen molar-refractivity contribution in [3.63, 3.8) is 0 Å². The fraction of sp³-hybridized carbons (Fsp3) is 0.583. The fourth-order valence-electron chi connectivity index (χ4n) is 2.45. The lowest BCUT2D eigenvalue weighted by atomic mass is 10.2. The number of aromatic nitrogens is 4. The molecule has 0 radical (unpaired) electrons. The highest BCUT2D eigenvalue weighted by molar-refractivity contribution is 9.09. The van der Waals surface area contributed by atoms with Gasteiger partial charge in [-0.05, 0) is 13.8 Å². The quantitative estimate of drug-likeness (QED) is 0.782. The molecule has 0 aliphatic carbocycles. The molecule has 0 bridgehead atoms. The molecule has 2 atom stereocenters. The molecular weight excluding hydrogens is 310 g/mol. The summed E-state index contributed by atoms with van der Waals surface area (Å²) in [5.41, 5.74) is 0.949. The molecule has 0 spiro atoms. The van der Waals surface area contributed by atoms with Crippen molar-refractivity contribution in [3.8, 4) is 0 Å². The van der Waals surface area contributed by atoms with Crippen LogP contribution < -0.4 is 4.90 Å². The monoisotopic (exact) mass is 325 g/mol. The molecule has 0 amide bonds. The van der Waals surface area contributed by atoms with Crippen LogP contribution in [0.15, 0.2) is 12.4 Å². The van der Waals surface area contributed by atoms with Gasteiger partial charge in [0.25, 0.3) is 5.78 Å². The van der Waals surface area contributed by atoms with Crippen molar-refractivity contribution in [2.24, 2.45) is 0 Å². The van der Waals surface area contributed by atoms with E-state index in [4.69, 9.17) is 4.74 Å². The van der Waals surface area contributed by atoms with E-state index in [0.29, 0.717) is 5.78 Å². The summed E-state index contributed by atoms with van der Waals surface area (Å²) >= 11 is 3.50. The van der Waals surface area contributed by atoms with Gasteiger partial charge in [0, 0.05) is 30.2 Å². The van der Waals surface area contributed by atoms with Crippen LogP contribution in [0.3, 0.4) is 0 Å². The first-order valence-electron chi connectivity index (χ1n) is 6.31. The summed E-state index contributed by atoms with van der Waals surface area (Å²) in [5.74, 6) is 1.67. The van der Waals surface area contributed by atoms with Gasteiger partial charge in [-0.15, -0.1) is 0 Å². The Morgan fingerprint density at radius 1 is 1.47 bits per heavy atom. The highest BCUT2D eigenvalue weighted by Crippen LogP contribution is 2.21. The SMILES string of the molecule is Cc1cc(N2CC(C)OC(CBr)C2)n2ncnc2n1. The number of hydrogen-bond donors (Lipinski definition) is 0. The van der Waals surface area contributed by atoms with Crippen molar-refractivity contribution in [1.82, 2.24) is 19.6 Å². The molecule has 2 aromatic heterocycles. The minimum absolute atomic E-state index is 0.191. The standard InChI is InChI=1S/C12H16BrN5O/c1-8-3-11(18-12(16-8)14-7-15-18)17-5-9(2)19-10(4-13)6-17/h3,7,9-10H,4-6H2,1-2H3. The predicted molar refractivity (Wildman–Crippen MR) is 75.9 cm³/mol. The fourth-order valence-corrected chi connectivity index (χ4v) is 2.81. The zero-order valence-corrected chi connectivity index (χ0v) is 12.5. The number of morpholine rings is 1. The second-order valence-electron chi connectivity index (χ2n) is 4.86. The normalized spacial score (nSPS) is 24.1. The number of alkyl halides is 1. The molecule has 2 aromatic rings. The third kappa shape index (κ3) is 2.44. The summed E-state index contributed by atoms with van der Waals surface area (Å²) in [6.07, 6.45) is 1.93. The Bertz CT molecular complexity index is 587. The number of ether oxygens (including phenoxy) is 1. The van der Waals surface area contributed by atoms with Gasteiger partial charge in [-0.3, -0.25) is 0 Å². The first-order valence-corrected chi connectivity index (χ1v) is 7.43. The number of nitrogens with zero attached hydrogens (tertiary/aromatic N) is 5. The van der Waals surface area contributed by atoms with Gasteiger partial charge in [-0.1, -0.05) is 15.9 Å². The third-order valence-electron chi connectivity index (χ3n) is 3.18. The number of hydrogen-bond acceptors (Lipinski definition) is 5. The lowest BCUT2D eigenvalue weighted by molar-refractivity contribution is -0.00235. The van der Waals surface area contributed by atoms with Gasteiger partial charge in [0.2, 0.25) is 0 Å². The van der Waals surface area contributed by atoms with Crippen LogP contribution in [0.5, 0.6) is 0 Å². The van der Waals surface area contributed by atoms with Crippen molar-refractivity contribution in [2.75, 3.05) is 23.3 Å². The van der Waals surface area contributed by atoms with E-state index in [-0.39, 0.29) is 12.2 Å². The predicted octanol–water partition coefficient (Wildman–Crippen LogP) is 1.42. The molecule has 3 rings (SSSR count). The number of anilines is 1. The van der Waals surface area contributed by atoms with Crippen LogP contribution in [-0.2, 0) is 4.74 Å². The molecular formula is C12H16BrN5O. The maximum atomic E-state index is 5.86. The molecule has 0 aromatic carbocycles. The van der Waals surface area contributed by atoms with Crippen LogP contribution in [0.4, 0.5) is 5.82 Å². The molecule has 1 aliphatic heterocycles. The Balaban J connectivity index is 2.00. The number of fused-ring (bicyclic) bond motifs is 1. The maximum absolute atomic E-state index is 5.86. The van der Waals surface area contributed by atoms with Crippen molar-refractivity contribution in [2.45, 2.75) is 26.1 Å². The van der Waals surface area contributed by atoms with Gasteiger partial charge < -0.3 is 9.64 Å². The average molecular weight is 326 g/mol. The lowest BCUT2D eigenvalue weighted by Gasteiger charge is -2.37. The minimum Gasteiger partial charge on any atom is -0.371 e. The zero-order valence-electron chi connectivity index (χ0n) is 11.0. The van der Waals surface area contributed by atoms with Crippen LogP contribution in [0, 0.1) is 6.92 Å². The minimum atomic E-state index is 0.191. The summed E-state index contributed by atoms with van der Waals surface area (Å²) in [6, 6.07) is 2.05. The van der Waals surface area contributed by atoms with Crippen LogP contribution in [0.2, 0.25) is 0 Å². The van der Waals surface area contributed by atoms with Crippen LogP contribution in [-0.4, -0.2) is 50.2 Å². The molecule has 3 heterocycles. The topological polar surface area (TPSA) is 55.6 Å². The summed E-state index contributed by atoms with van der Waals surface area (Å²) < 4.78 is 7.65.